The van der Waals surface area contributed by atoms with Crippen molar-refractivity contribution in [3.63, 3.8) is 0 Å². The van der Waals surface area contributed by atoms with Gasteiger partial charge in [0.15, 0.2) is 24.4 Å². The van der Waals surface area contributed by atoms with Crippen molar-refractivity contribution in [2.75, 3.05) is 20.8 Å². The predicted octanol–water partition coefficient (Wildman–Crippen LogP) is -0.673. The molecule has 0 saturated heterocycles. The highest BCUT2D eigenvalue weighted by molar-refractivity contribution is 5.68. The van der Waals surface area contributed by atoms with E-state index < -0.39 is 48.4 Å². The Morgan fingerprint density at radius 1 is 0.920 bits per heavy atom. The summed E-state index contributed by atoms with van der Waals surface area (Å²) < 4.78 is 25.3. The summed E-state index contributed by atoms with van der Waals surface area (Å²) >= 11 is 0. The molecule has 0 rings (SSSR count). The van der Waals surface area contributed by atoms with Crippen molar-refractivity contribution >= 4 is 17.9 Å². The first kappa shape index (κ1) is 22.8. The Hall–Kier alpha value is -2.22. The molecule has 0 bridgehead atoms. The summed E-state index contributed by atoms with van der Waals surface area (Å²) in [4.78, 5) is 34.1. The van der Waals surface area contributed by atoms with Crippen LogP contribution >= 0.6 is 0 Å². The molecule has 0 aliphatic heterocycles. The maximum absolute atomic E-state index is 11.5. The second-order valence-electron chi connectivity index (χ2n) is 5.03. The predicted molar refractivity (Wildman–Crippen MR) is 81.0 cm³/mol. The lowest BCUT2D eigenvalue weighted by molar-refractivity contribution is -0.201. The second-order valence-corrected chi connectivity index (χ2v) is 5.03. The normalized spacial score (nSPS) is 16.5. The van der Waals surface area contributed by atoms with E-state index >= 15 is 0 Å². The summed E-state index contributed by atoms with van der Waals surface area (Å²) in [5.74, 6) is -2.26. The zero-order valence-electron chi connectivity index (χ0n) is 14.8. The topological polar surface area (TPSA) is 141 Å². The molecular weight excluding hydrogens is 338 g/mol. The van der Waals surface area contributed by atoms with E-state index in [0.29, 0.717) is 0 Å². The van der Waals surface area contributed by atoms with Crippen molar-refractivity contribution in [1.29, 1.82) is 5.26 Å². The van der Waals surface area contributed by atoms with E-state index in [9.17, 15) is 19.5 Å². The zero-order valence-corrected chi connectivity index (χ0v) is 14.8. The minimum Gasteiger partial charge on any atom is -0.457 e. The van der Waals surface area contributed by atoms with Gasteiger partial charge in [-0.2, -0.15) is 5.26 Å². The number of aliphatic hydroxyl groups excluding tert-OH is 1. The van der Waals surface area contributed by atoms with Crippen LogP contribution in [0.2, 0.25) is 0 Å². The molecule has 10 heteroatoms. The number of hydrogen-bond acceptors (Lipinski definition) is 10. The van der Waals surface area contributed by atoms with E-state index in [1.165, 1.54) is 20.3 Å². The smallest absolute Gasteiger partial charge is 0.303 e. The Morgan fingerprint density at radius 3 is 1.76 bits per heavy atom. The minimum absolute atomic E-state index is 0.134. The molecule has 0 aromatic rings. The summed E-state index contributed by atoms with van der Waals surface area (Å²) in [5.41, 5.74) is 0. The second kappa shape index (κ2) is 11.4. The maximum Gasteiger partial charge on any atom is 0.303 e. The fourth-order valence-electron chi connectivity index (χ4n) is 2.16. The molecule has 0 spiro atoms. The number of rotatable bonds is 10. The lowest BCUT2D eigenvalue weighted by atomic mass is 9.98. The molecule has 0 amide bonds. The molecule has 0 heterocycles. The molecule has 25 heavy (non-hydrogen) atoms. The molecule has 1 N–H and O–H groups in total. The van der Waals surface area contributed by atoms with Crippen LogP contribution in [0.4, 0.5) is 0 Å². The van der Waals surface area contributed by atoms with Crippen LogP contribution in [0.3, 0.4) is 0 Å². The number of carbonyl (C=O) groups excluding carboxylic acids is 3. The van der Waals surface area contributed by atoms with Crippen LogP contribution in [-0.4, -0.2) is 74.4 Å². The highest BCUT2D eigenvalue weighted by Crippen LogP contribution is 2.21. The van der Waals surface area contributed by atoms with Crippen LogP contribution in [0.25, 0.3) is 0 Å². The van der Waals surface area contributed by atoms with Gasteiger partial charge in [0.2, 0.25) is 0 Å². The fraction of sp³-hybridized carbons (Fsp3) is 0.733. The molecule has 10 nitrogen and oxygen atoms in total. The Labute approximate surface area is 145 Å². The van der Waals surface area contributed by atoms with E-state index in [2.05, 4.69) is 0 Å². The van der Waals surface area contributed by atoms with Crippen LogP contribution in [0.15, 0.2) is 0 Å². The molecular formula is C15H23NO9. The zero-order chi connectivity index (χ0) is 19.6. The molecule has 0 radical (unpaired) electrons. The number of nitrogens with zero attached hydrogens (tertiary/aromatic N) is 1. The van der Waals surface area contributed by atoms with Gasteiger partial charge in [0.1, 0.15) is 6.10 Å². The molecule has 1 unspecified atom stereocenters. The Balaban J connectivity index is 5.86. The number of aliphatic hydroxyl groups is 1. The van der Waals surface area contributed by atoms with E-state index in [1.54, 1.807) is 0 Å². The molecule has 0 aliphatic rings. The number of methoxy groups -OCH3 is 2. The molecule has 0 aromatic heterocycles. The largest absolute Gasteiger partial charge is 0.457 e. The van der Waals surface area contributed by atoms with Gasteiger partial charge in [-0.1, -0.05) is 0 Å². The van der Waals surface area contributed by atoms with Gasteiger partial charge in [-0.25, -0.2) is 0 Å². The third-order valence-corrected chi connectivity index (χ3v) is 2.98. The monoisotopic (exact) mass is 361 g/mol. The molecule has 0 aromatic carbocycles. The van der Waals surface area contributed by atoms with Gasteiger partial charge < -0.3 is 28.8 Å². The van der Waals surface area contributed by atoms with E-state index in [4.69, 9.17) is 28.9 Å². The van der Waals surface area contributed by atoms with Crippen LogP contribution in [0.1, 0.15) is 20.8 Å². The van der Waals surface area contributed by atoms with Crippen LogP contribution in [-0.2, 0) is 38.1 Å². The van der Waals surface area contributed by atoms with Crippen molar-refractivity contribution in [2.45, 2.75) is 51.3 Å². The third-order valence-electron chi connectivity index (χ3n) is 2.98. The number of esters is 3. The van der Waals surface area contributed by atoms with Crippen LogP contribution in [0, 0.1) is 11.3 Å². The molecule has 142 valence electrons. The van der Waals surface area contributed by atoms with Gasteiger partial charge in [-0.15, -0.1) is 0 Å². The average Bonchev–Trinajstić information content (AvgIpc) is 2.50. The van der Waals surface area contributed by atoms with Gasteiger partial charge in [0, 0.05) is 35.0 Å². The highest BCUT2D eigenvalue weighted by atomic mass is 16.6. The van der Waals surface area contributed by atoms with Gasteiger partial charge in [-0.3, -0.25) is 14.4 Å². The number of hydrogen-bond donors (Lipinski definition) is 1. The van der Waals surface area contributed by atoms with Crippen molar-refractivity contribution in [3.05, 3.63) is 0 Å². The van der Waals surface area contributed by atoms with Crippen LogP contribution < -0.4 is 0 Å². The van der Waals surface area contributed by atoms with Crippen molar-refractivity contribution in [2.24, 2.45) is 0 Å². The molecule has 0 saturated carbocycles. The first-order valence-corrected chi connectivity index (χ1v) is 7.28. The molecule has 0 fully saturated rings. The standard InChI is InChI=1S/C15H23NO9/c1-8(17)23-12(7-21-4)14(22-5)15(25-10(3)19)13(11(20)6-16)24-9(2)18/h11-15,20H,7H2,1-5H3/t11?,12-,13+,14-,15-/m1/s1. The number of ether oxygens (including phenoxy) is 5. The maximum atomic E-state index is 11.5. The fourth-order valence-corrected chi connectivity index (χ4v) is 2.16. The first-order valence-electron chi connectivity index (χ1n) is 7.28. The summed E-state index contributed by atoms with van der Waals surface area (Å²) in [6.07, 6.45) is -7.04. The lowest BCUT2D eigenvalue weighted by Gasteiger charge is -2.35. The molecule has 0 aliphatic carbocycles. The third kappa shape index (κ3) is 7.93. The number of nitriles is 1. The minimum atomic E-state index is -1.81. The quantitative estimate of drug-likeness (QED) is 0.302. The van der Waals surface area contributed by atoms with E-state index in [0.717, 1.165) is 20.8 Å². The highest BCUT2D eigenvalue weighted by Gasteiger charge is 2.44. The van der Waals surface area contributed by atoms with E-state index in [-0.39, 0.29) is 6.61 Å². The SMILES string of the molecule is COC[C@@H](OC(C)=O)[C@@H](OC)[C@H](OC(C)=O)[C@@H](OC(C)=O)C(O)C#N. The van der Waals surface area contributed by atoms with E-state index in [1.807, 2.05) is 0 Å². The van der Waals surface area contributed by atoms with Gasteiger partial charge in [0.25, 0.3) is 0 Å². The van der Waals surface area contributed by atoms with Crippen molar-refractivity contribution < 1.29 is 43.2 Å². The summed E-state index contributed by atoms with van der Waals surface area (Å²) in [7, 11) is 2.58. The Kier molecular flexibility index (Phi) is 10.3. The average molecular weight is 361 g/mol. The van der Waals surface area contributed by atoms with Crippen molar-refractivity contribution in [3.8, 4) is 6.07 Å². The Bertz CT molecular complexity index is 502. The summed E-state index contributed by atoms with van der Waals surface area (Å²) in [6.45, 7) is 3.16. The number of carbonyl (C=O) groups is 3. The molecule has 5 atom stereocenters. The van der Waals surface area contributed by atoms with Gasteiger partial charge >= 0.3 is 17.9 Å². The summed E-state index contributed by atoms with van der Waals surface area (Å²) in [6, 6.07) is 1.51. The summed E-state index contributed by atoms with van der Waals surface area (Å²) in [5, 5.41) is 18.8. The Morgan fingerprint density at radius 2 is 1.40 bits per heavy atom. The van der Waals surface area contributed by atoms with Gasteiger partial charge in [-0.05, 0) is 0 Å². The van der Waals surface area contributed by atoms with Crippen molar-refractivity contribution in [1.82, 2.24) is 0 Å². The first-order chi connectivity index (χ1) is 11.7. The van der Waals surface area contributed by atoms with Crippen LogP contribution in [0.5, 0.6) is 0 Å². The van der Waals surface area contributed by atoms with Gasteiger partial charge in [0.05, 0.1) is 12.7 Å². The lowest BCUT2D eigenvalue weighted by Crippen LogP contribution is -2.55.